The Morgan fingerprint density at radius 2 is 1.38 bits per heavy atom. The van der Waals surface area contributed by atoms with Crippen molar-refractivity contribution in [1.29, 1.82) is 0 Å². The normalized spacial score (nSPS) is 10.4. The van der Waals surface area contributed by atoms with Crippen molar-refractivity contribution in [3.8, 4) is 28.7 Å². The fourth-order valence-corrected chi connectivity index (χ4v) is 2.86. The van der Waals surface area contributed by atoms with Crippen molar-refractivity contribution < 1.29 is 28.5 Å². The van der Waals surface area contributed by atoms with E-state index in [1.807, 2.05) is 32.0 Å². The van der Waals surface area contributed by atoms with E-state index in [1.54, 1.807) is 33.5 Å². The first-order chi connectivity index (χ1) is 13.8. The van der Waals surface area contributed by atoms with Crippen LogP contribution < -0.4 is 23.7 Å². The Morgan fingerprint density at radius 3 is 1.86 bits per heavy atom. The summed E-state index contributed by atoms with van der Waals surface area (Å²) in [6, 6.07) is 8.97. The van der Waals surface area contributed by atoms with Crippen LogP contribution >= 0.6 is 0 Å². The number of esters is 1. The van der Waals surface area contributed by atoms with Crippen LogP contribution in [0.4, 0.5) is 0 Å². The molecule has 6 heteroatoms. The summed E-state index contributed by atoms with van der Waals surface area (Å²) in [5, 5.41) is 0. The average Bonchev–Trinajstić information content (AvgIpc) is 2.71. The fourth-order valence-electron chi connectivity index (χ4n) is 2.86. The second kappa shape index (κ2) is 9.87. The lowest BCUT2D eigenvalue weighted by Crippen LogP contribution is -2.11. The summed E-state index contributed by atoms with van der Waals surface area (Å²) in [7, 11) is 6.20. The van der Waals surface area contributed by atoms with Crippen molar-refractivity contribution >= 4 is 11.5 Å². The Hall–Kier alpha value is -3.15. The number of methoxy groups -OCH3 is 4. The van der Waals surface area contributed by atoms with Crippen molar-refractivity contribution in [2.24, 2.45) is 5.92 Å². The number of rotatable bonds is 9. The third kappa shape index (κ3) is 5.22. The lowest BCUT2D eigenvalue weighted by atomic mass is 9.98. The molecular formula is C23H28O6. The van der Waals surface area contributed by atoms with Gasteiger partial charge in [0, 0.05) is 6.42 Å². The predicted octanol–water partition coefficient (Wildman–Crippen LogP) is 4.73. The molecule has 0 unspecified atom stereocenters. The van der Waals surface area contributed by atoms with E-state index in [0.29, 0.717) is 40.7 Å². The van der Waals surface area contributed by atoms with E-state index in [-0.39, 0.29) is 11.9 Å². The molecule has 0 atom stereocenters. The zero-order valence-corrected chi connectivity index (χ0v) is 17.8. The quantitative estimate of drug-likeness (QED) is 0.448. The lowest BCUT2D eigenvalue weighted by molar-refractivity contribution is -0.135. The standard InChI is InChI=1S/C23H28O6/c1-14(2)10-22(24)29-19-11-16(8-9-18(19)25-4)15(3)17-12-20(26-5)23(28-7)21(13-17)27-6/h8-9,11-14H,3,10H2,1-2,4-7H3. The first-order valence-electron chi connectivity index (χ1n) is 9.22. The maximum absolute atomic E-state index is 12.1. The summed E-state index contributed by atoms with van der Waals surface area (Å²) in [6.07, 6.45) is 0.321. The van der Waals surface area contributed by atoms with E-state index in [2.05, 4.69) is 6.58 Å². The molecule has 29 heavy (non-hydrogen) atoms. The van der Waals surface area contributed by atoms with E-state index < -0.39 is 0 Å². The molecule has 0 bridgehead atoms. The summed E-state index contributed by atoms with van der Waals surface area (Å²) in [5.74, 6) is 2.28. The van der Waals surface area contributed by atoms with Crippen molar-refractivity contribution in [2.45, 2.75) is 20.3 Å². The molecule has 0 heterocycles. The van der Waals surface area contributed by atoms with Crippen LogP contribution in [0.25, 0.3) is 5.57 Å². The van der Waals surface area contributed by atoms with E-state index in [4.69, 9.17) is 23.7 Å². The van der Waals surface area contributed by atoms with Crippen LogP contribution in [0.5, 0.6) is 28.7 Å². The molecule has 0 N–H and O–H groups in total. The predicted molar refractivity (Wildman–Crippen MR) is 112 cm³/mol. The summed E-state index contributed by atoms with van der Waals surface area (Å²) in [5.41, 5.74) is 2.25. The molecule has 0 amide bonds. The van der Waals surface area contributed by atoms with Gasteiger partial charge in [0.2, 0.25) is 5.75 Å². The van der Waals surface area contributed by atoms with Crippen LogP contribution in [-0.2, 0) is 4.79 Å². The lowest BCUT2D eigenvalue weighted by Gasteiger charge is -2.16. The third-order valence-electron chi connectivity index (χ3n) is 4.32. The highest BCUT2D eigenvalue weighted by Crippen LogP contribution is 2.41. The molecule has 0 aliphatic heterocycles. The van der Waals surface area contributed by atoms with Crippen LogP contribution in [-0.4, -0.2) is 34.4 Å². The van der Waals surface area contributed by atoms with Gasteiger partial charge in [0.25, 0.3) is 0 Å². The highest BCUT2D eigenvalue weighted by atomic mass is 16.6. The molecule has 0 aliphatic rings. The molecule has 0 fully saturated rings. The van der Waals surface area contributed by atoms with Crippen LogP contribution in [0.15, 0.2) is 36.9 Å². The minimum absolute atomic E-state index is 0.200. The third-order valence-corrected chi connectivity index (χ3v) is 4.32. The monoisotopic (exact) mass is 400 g/mol. The summed E-state index contributed by atoms with van der Waals surface area (Å²) >= 11 is 0. The molecular weight excluding hydrogens is 372 g/mol. The van der Waals surface area contributed by atoms with Gasteiger partial charge in [-0.25, -0.2) is 0 Å². The Balaban J connectivity index is 2.43. The van der Waals surface area contributed by atoms with Gasteiger partial charge in [-0.15, -0.1) is 0 Å². The van der Waals surface area contributed by atoms with E-state index in [9.17, 15) is 4.79 Å². The zero-order valence-electron chi connectivity index (χ0n) is 17.8. The van der Waals surface area contributed by atoms with Gasteiger partial charge in [0.15, 0.2) is 23.0 Å². The highest BCUT2D eigenvalue weighted by molar-refractivity contribution is 5.82. The van der Waals surface area contributed by atoms with Gasteiger partial charge in [-0.05, 0) is 46.9 Å². The number of hydrogen-bond donors (Lipinski definition) is 0. The van der Waals surface area contributed by atoms with Crippen LogP contribution in [0.1, 0.15) is 31.4 Å². The topological polar surface area (TPSA) is 63.2 Å². The van der Waals surface area contributed by atoms with Gasteiger partial charge in [-0.3, -0.25) is 4.79 Å². The Kier molecular flexibility index (Phi) is 7.53. The molecule has 2 rings (SSSR count). The summed E-state index contributed by atoms with van der Waals surface area (Å²) in [4.78, 5) is 12.1. The number of ether oxygens (including phenoxy) is 5. The molecule has 0 saturated carbocycles. The van der Waals surface area contributed by atoms with Crippen molar-refractivity contribution in [3.05, 3.63) is 48.0 Å². The van der Waals surface area contributed by atoms with Crippen molar-refractivity contribution in [3.63, 3.8) is 0 Å². The fraction of sp³-hybridized carbons (Fsp3) is 0.348. The number of benzene rings is 2. The van der Waals surface area contributed by atoms with Gasteiger partial charge in [-0.2, -0.15) is 0 Å². The molecule has 2 aromatic carbocycles. The molecule has 0 aliphatic carbocycles. The Bertz CT molecular complexity index is 860. The maximum atomic E-state index is 12.1. The Labute approximate surface area is 172 Å². The molecule has 0 aromatic heterocycles. The van der Waals surface area contributed by atoms with E-state index in [0.717, 1.165) is 11.1 Å². The van der Waals surface area contributed by atoms with E-state index >= 15 is 0 Å². The molecule has 2 aromatic rings. The van der Waals surface area contributed by atoms with Gasteiger partial charge >= 0.3 is 5.97 Å². The number of carbonyl (C=O) groups excluding carboxylic acids is 1. The minimum atomic E-state index is -0.311. The Morgan fingerprint density at radius 1 is 0.828 bits per heavy atom. The highest BCUT2D eigenvalue weighted by Gasteiger charge is 2.17. The zero-order chi connectivity index (χ0) is 21.6. The first-order valence-corrected chi connectivity index (χ1v) is 9.22. The molecule has 0 radical (unpaired) electrons. The van der Waals surface area contributed by atoms with Gasteiger partial charge in [-0.1, -0.05) is 26.5 Å². The van der Waals surface area contributed by atoms with Gasteiger partial charge < -0.3 is 23.7 Å². The maximum Gasteiger partial charge on any atom is 0.311 e. The first kappa shape index (κ1) is 22.1. The second-order valence-corrected chi connectivity index (χ2v) is 6.83. The number of hydrogen-bond acceptors (Lipinski definition) is 6. The summed E-state index contributed by atoms with van der Waals surface area (Å²) < 4.78 is 27.1. The summed E-state index contributed by atoms with van der Waals surface area (Å²) in [6.45, 7) is 8.11. The van der Waals surface area contributed by atoms with Crippen LogP contribution in [0, 0.1) is 5.92 Å². The van der Waals surface area contributed by atoms with Crippen molar-refractivity contribution in [2.75, 3.05) is 28.4 Å². The number of carbonyl (C=O) groups is 1. The van der Waals surface area contributed by atoms with E-state index in [1.165, 1.54) is 7.11 Å². The van der Waals surface area contributed by atoms with Crippen LogP contribution in [0.3, 0.4) is 0 Å². The molecule has 0 spiro atoms. The second-order valence-electron chi connectivity index (χ2n) is 6.83. The largest absolute Gasteiger partial charge is 0.493 e. The van der Waals surface area contributed by atoms with Gasteiger partial charge in [0.05, 0.1) is 28.4 Å². The van der Waals surface area contributed by atoms with Crippen LogP contribution in [0.2, 0.25) is 0 Å². The molecule has 6 nitrogen and oxygen atoms in total. The molecule has 0 saturated heterocycles. The smallest absolute Gasteiger partial charge is 0.311 e. The van der Waals surface area contributed by atoms with Gasteiger partial charge in [0.1, 0.15) is 0 Å². The molecule has 156 valence electrons. The SMILES string of the molecule is C=C(c1ccc(OC)c(OC(=O)CC(C)C)c1)c1cc(OC)c(OC)c(OC)c1. The average molecular weight is 400 g/mol. The van der Waals surface area contributed by atoms with Crippen molar-refractivity contribution in [1.82, 2.24) is 0 Å². The minimum Gasteiger partial charge on any atom is -0.493 e.